The minimum Gasteiger partial charge on any atom is -0.411 e. The molecule has 1 rings (SSSR count). The van der Waals surface area contributed by atoms with E-state index in [-0.39, 0.29) is 0 Å². The normalized spacial score (nSPS) is 10.1. The molecule has 0 saturated carbocycles. The largest absolute Gasteiger partial charge is 0.411 e. The summed E-state index contributed by atoms with van der Waals surface area (Å²) in [7, 11) is 0. The summed E-state index contributed by atoms with van der Waals surface area (Å²) in [5, 5.41) is 11.5. The van der Waals surface area contributed by atoms with Gasteiger partial charge in [-0.15, -0.1) is 0 Å². The van der Waals surface area contributed by atoms with Crippen molar-refractivity contribution in [1.29, 1.82) is 0 Å². The number of hydrogen-bond donors (Lipinski definition) is 1. The van der Waals surface area contributed by atoms with E-state index < -0.39 is 0 Å². The Morgan fingerprint density at radius 2 is 1.67 bits per heavy atom. The Bertz CT molecular complexity index is 229. The van der Waals surface area contributed by atoms with Gasteiger partial charge in [-0.05, 0) is 12.5 Å². The molecule has 66 valence electrons. The van der Waals surface area contributed by atoms with E-state index in [1.54, 1.807) is 6.92 Å². The van der Waals surface area contributed by atoms with Crippen molar-refractivity contribution in [1.82, 2.24) is 0 Å². The number of benzene rings is 1. The van der Waals surface area contributed by atoms with Gasteiger partial charge in [-0.3, -0.25) is 0 Å². The van der Waals surface area contributed by atoms with Gasteiger partial charge in [0.1, 0.15) is 0 Å². The fourth-order valence-electron chi connectivity index (χ4n) is 0.737. The first-order chi connectivity index (χ1) is 5.84. The Labute approximate surface area is 73.5 Å². The average Bonchev–Trinajstić information content (AvgIpc) is 2.21. The van der Waals surface area contributed by atoms with Crippen LogP contribution in [0.4, 0.5) is 0 Å². The molecule has 1 aromatic carbocycles. The zero-order valence-electron chi connectivity index (χ0n) is 7.78. The maximum absolute atomic E-state index is 8.38. The van der Waals surface area contributed by atoms with Crippen LogP contribution < -0.4 is 0 Å². The van der Waals surface area contributed by atoms with Crippen LogP contribution in [0.5, 0.6) is 0 Å². The van der Waals surface area contributed by atoms with Gasteiger partial charge in [-0.1, -0.05) is 49.3 Å². The van der Waals surface area contributed by atoms with Gasteiger partial charge in [0.2, 0.25) is 0 Å². The molecule has 0 aliphatic carbocycles. The molecule has 0 saturated heterocycles. The molecule has 0 aliphatic heterocycles. The summed E-state index contributed by atoms with van der Waals surface area (Å²) in [5.74, 6) is 0. The first-order valence-electron chi connectivity index (χ1n) is 4.08. The molecule has 2 nitrogen and oxygen atoms in total. The molecule has 1 aromatic rings. The second-order valence-corrected chi connectivity index (χ2v) is 2.05. The molecule has 0 radical (unpaired) electrons. The molecule has 0 aromatic heterocycles. The zero-order chi connectivity index (χ0) is 9.40. The van der Waals surface area contributed by atoms with Crippen LogP contribution in [-0.2, 0) is 0 Å². The van der Waals surface area contributed by atoms with Crippen molar-refractivity contribution in [2.45, 2.75) is 20.8 Å². The first kappa shape index (κ1) is 10.7. The maximum atomic E-state index is 8.38. The van der Waals surface area contributed by atoms with E-state index in [1.807, 2.05) is 44.2 Å². The van der Waals surface area contributed by atoms with Gasteiger partial charge >= 0.3 is 0 Å². The molecule has 0 atom stereocenters. The number of rotatable bonds is 1. The van der Waals surface area contributed by atoms with Crippen molar-refractivity contribution in [3.63, 3.8) is 0 Å². The lowest BCUT2D eigenvalue weighted by Crippen LogP contribution is -1.92. The van der Waals surface area contributed by atoms with Crippen LogP contribution in [0, 0.1) is 0 Å². The molecule has 0 aliphatic rings. The summed E-state index contributed by atoms with van der Waals surface area (Å²) >= 11 is 0. The minimum atomic E-state index is 0.639. The average molecular weight is 165 g/mol. The van der Waals surface area contributed by atoms with Crippen LogP contribution in [0.15, 0.2) is 35.5 Å². The Morgan fingerprint density at radius 3 is 2.08 bits per heavy atom. The summed E-state index contributed by atoms with van der Waals surface area (Å²) < 4.78 is 0. The van der Waals surface area contributed by atoms with E-state index in [0.717, 1.165) is 5.56 Å². The number of oxime groups is 1. The van der Waals surface area contributed by atoms with Gasteiger partial charge in [0, 0.05) is 0 Å². The zero-order valence-corrected chi connectivity index (χ0v) is 7.78. The Balaban J connectivity index is 0.000000561. The summed E-state index contributed by atoms with van der Waals surface area (Å²) in [5.41, 5.74) is 1.59. The minimum absolute atomic E-state index is 0.639. The number of hydrogen-bond acceptors (Lipinski definition) is 2. The topological polar surface area (TPSA) is 32.6 Å². The third kappa shape index (κ3) is 3.19. The van der Waals surface area contributed by atoms with Crippen LogP contribution in [0.25, 0.3) is 0 Å². The first-order valence-corrected chi connectivity index (χ1v) is 4.08. The summed E-state index contributed by atoms with van der Waals surface area (Å²) in [6.45, 7) is 5.76. The predicted molar refractivity (Wildman–Crippen MR) is 51.8 cm³/mol. The van der Waals surface area contributed by atoms with Crippen LogP contribution in [0.2, 0.25) is 0 Å². The molecule has 0 bridgehead atoms. The highest BCUT2D eigenvalue weighted by Crippen LogP contribution is 1.99. The highest BCUT2D eigenvalue weighted by molar-refractivity contribution is 5.98. The smallest absolute Gasteiger partial charge is 0.0836 e. The molecule has 2 heteroatoms. The lowest BCUT2D eigenvalue weighted by atomic mass is 10.1. The molecule has 0 spiro atoms. The van der Waals surface area contributed by atoms with Crippen molar-refractivity contribution in [2.24, 2.45) is 5.16 Å². The summed E-state index contributed by atoms with van der Waals surface area (Å²) in [6, 6.07) is 9.53. The monoisotopic (exact) mass is 165 g/mol. The van der Waals surface area contributed by atoms with Crippen LogP contribution in [-0.4, -0.2) is 10.9 Å². The van der Waals surface area contributed by atoms with Crippen molar-refractivity contribution in [2.75, 3.05) is 0 Å². The Morgan fingerprint density at radius 1 is 1.17 bits per heavy atom. The fourth-order valence-corrected chi connectivity index (χ4v) is 0.737. The Kier molecular flexibility index (Phi) is 5.70. The molecule has 0 fully saturated rings. The standard InChI is InChI=1S/C8H9NO.C2H6/c1-7(9-10)8-5-3-2-4-6-8;1-2/h2-6,10H,1H3;1-2H3/b9-7-;. The van der Waals surface area contributed by atoms with Crippen LogP contribution >= 0.6 is 0 Å². The van der Waals surface area contributed by atoms with Crippen molar-refractivity contribution in [3.05, 3.63) is 35.9 Å². The highest BCUT2D eigenvalue weighted by Gasteiger charge is 1.92. The second-order valence-electron chi connectivity index (χ2n) is 2.05. The Hall–Kier alpha value is -1.31. The van der Waals surface area contributed by atoms with E-state index in [2.05, 4.69) is 5.16 Å². The van der Waals surface area contributed by atoms with E-state index in [0.29, 0.717) is 5.71 Å². The predicted octanol–water partition coefficient (Wildman–Crippen LogP) is 2.91. The van der Waals surface area contributed by atoms with Crippen molar-refractivity contribution in [3.8, 4) is 0 Å². The third-order valence-electron chi connectivity index (χ3n) is 1.34. The van der Waals surface area contributed by atoms with Crippen LogP contribution in [0.3, 0.4) is 0 Å². The third-order valence-corrected chi connectivity index (χ3v) is 1.34. The number of nitrogens with zero attached hydrogens (tertiary/aromatic N) is 1. The highest BCUT2D eigenvalue weighted by atomic mass is 16.4. The van der Waals surface area contributed by atoms with Crippen molar-refractivity contribution >= 4 is 5.71 Å². The van der Waals surface area contributed by atoms with Crippen molar-refractivity contribution < 1.29 is 5.21 Å². The summed E-state index contributed by atoms with van der Waals surface area (Å²) in [6.07, 6.45) is 0. The van der Waals surface area contributed by atoms with Gasteiger partial charge < -0.3 is 5.21 Å². The maximum Gasteiger partial charge on any atom is 0.0836 e. The molecule has 0 heterocycles. The van der Waals surface area contributed by atoms with Gasteiger partial charge in [-0.25, -0.2) is 0 Å². The quantitative estimate of drug-likeness (QED) is 0.387. The molecular weight excluding hydrogens is 150 g/mol. The van der Waals surface area contributed by atoms with Crippen LogP contribution in [0.1, 0.15) is 26.3 Å². The summed E-state index contributed by atoms with van der Waals surface area (Å²) in [4.78, 5) is 0. The van der Waals surface area contributed by atoms with Gasteiger partial charge in [-0.2, -0.15) is 0 Å². The van der Waals surface area contributed by atoms with Gasteiger partial charge in [0.15, 0.2) is 0 Å². The molecule has 0 amide bonds. The fraction of sp³-hybridized carbons (Fsp3) is 0.300. The lowest BCUT2D eigenvalue weighted by molar-refractivity contribution is 0.319. The SMILES string of the molecule is C/C(=N/O)c1ccccc1.CC. The van der Waals surface area contributed by atoms with Gasteiger partial charge in [0.25, 0.3) is 0 Å². The molecular formula is C10H15NO. The molecule has 0 unspecified atom stereocenters. The van der Waals surface area contributed by atoms with Gasteiger partial charge in [0.05, 0.1) is 5.71 Å². The molecule has 12 heavy (non-hydrogen) atoms. The van der Waals surface area contributed by atoms with E-state index in [1.165, 1.54) is 0 Å². The lowest BCUT2D eigenvalue weighted by Gasteiger charge is -1.94. The molecule has 1 N–H and O–H groups in total. The second kappa shape index (κ2) is 6.40. The van der Waals surface area contributed by atoms with E-state index in [4.69, 9.17) is 5.21 Å². The van der Waals surface area contributed by atoms with E-state index >= 15 is 0 Å². The van der Waals surface area contributed by atoms with E-state index in [9.17, 15) is 0 Å².